The van der Waals surface area contributed by atoms with Crippen LogP contribution in [0, 0.1) is 5.95 Å². The SMILES string of the molecule is O=C(CBr)c1ccc(CO)nc1F. The average molecular weight is 248 g/mol. The summed E-state index contributed by atoms with van der Waals surface area (Å²) in [7, 11) is 0. The molecule has 1 aromatic rings. The molecule has 1 aromatic heterocycles. The van der Waals surface area contributed by atoms with Crippen LogP contribution in [0.1, 0.15) is 16.1 Å². The number of carbonyl (C=O) groups excluding carboxylic acids is 1. The summed E-state index contributed by atoms with van der Waals surface area (Å²) in [5.74, 6) is -1.20. The Morgan fingerprint density at radius 1 is 1.62 bits per heavy atom. The van der Waals surface area contributed by atoms with Gasteiger partial charge in [0.05, 0.1) is 23.2 Å². The monoisotopic (exact) mass is 247 g/mol. The van der Waals surface area contributed by atoms with E-state index in [2.05, 4.69) is 20.9 Å². The van der Waals surface area contributed by atoms with Crippen LogP contribution >= 0.6 is 15.9 Å². The minimum atomic E-state index is -0.837. The number of pyridine rings is 1. The lowest BCUT2D eigenvalue weighted by Crippen LogP contribution is -2.06. The third-order valence-corrected chi connectivity index (χ3v) is 2.00. The van der Waals surface area contributed by atoms with Gasteiger partial charge in [0.1, 0.15) is 0 Å². The highest BCUT2D eigenvalue weighted by Crippen LogP contribution is 2.08. The van der Waals surface area contributed by atoms with E-state index in [1.165, 1.54) is 12.1 Å². The van der Waals surface area contributed by atoms with Crippen LogP contribution in [0.2, 0.25) is 0 Å². The lowest BCUT2D eigenvalue weighted by Gasteiger charge is -2.00. The molecular weight excluding hydrogens is 241 g/mol. The van der Waals surface area contributed by atoms with Crippen molar-refractivity contribution in [2.45, 2.75) is 6.61 Å². The largest absolute Gasteiger partial charge is 0.390 e. The molecule has 0 aliphatic rings. The van der Waals surface area contributed by atoms with Crippen LogP contribution in [0.3, 0.4) is 0 Å². The maximum Gasteiger partial charge on any atom is 0.224 e. The lowest BCUT2D eigenvalue weighted by molar-refractivity contribution is 0.101. The number of hydrogen-bond acceptors (Lipinski definition) is 3. The molecule has 0 saturated carbocycles. The Labute approximate surface area is 82.7 Å². The van der Waals surface area contributed by atoms with Crippen LogP contribution in [-0.4, -0.2) is 21.2 Å². The zero-order chi connectivity index (χ0) is 9.84. The molecule has 70 valence electrons. The van der Waals surface area contributed by atoms with Gasteiger partial charge in [0.15, 0.2) is 5.78 Å². The highest BCUT2D eigenvalue weighted by Gasteiger charge is 2.11. The summed E-state index contributed by atoms with van der Waals surface area (Å²) in [6, 6.07) is 2.73. The summed E-state index contributed by atoms with van der Waals surface area (Å²) >= 11 is 2.93. The van der Waals surface area contributed by atoms with Crippen molar-refractivity contribution in [3.05, 3.63) is 29.3 Å². The van der Waals surface area contributed by atoms with Gasteiger partial charge in [-0.3, -0.25) is 4.79 Å². The molecule has 0 spiro atoms. The van der Waals surface area contributed by atoms with E-state index in [1.54, 1.807) is 0 Å². The first-order valence-corrected chi connectivity index (χ1v) is 4.66. The van der Waals surface area contributed by atoms with Crippen LogP contribution in [0.25, 0.3) is 0 Å². The first kappa shape index (κ1) is 10.3. The molecule has 0 aromatic carbocycles. The molecule has 0 fully saturated rings. The van der Waals surface area contributed by atoms with Gasteiger partial charge in [0.2, 0.25) is 5.95 Å². The zero-order valence-corrected chi connectivity index (χ0v) is 8.21. The molecule has 1 N–H and O–H groups in total. The molecule has 0 aliphatic carbocycles. The molecule has 0 atom stereocenters. The second-order valence-electron chi connectivity index (χ2n) is 2.36. The Kier molecular flexibility index (Phi) is 3.50. The smallest absolute Gasteiger partial charge is 0.224 e. The van der Waals surface area contributed by atoms with Crippen LogP contribution in [0.5, 0.6) is 0 Å². The fourth-order valence-corrected chi connectivity index (χ4v) is 1.14. The van der Waals surface area contributed by atoms with Crippen LogP contribution < -0.4 is 0 Å². The summed E-state index contributed by atoms with van der Waals surface area (Å²) in [5.41, 5.74) is 0.151. The minimum absolute atomic E-state index is 0.0596. The van der Waals surface area contributed by atoms with Gasteiger partial charge >= 0.3 is 0 Å². The van der Waals surface area contributed by atoms with Crippen LogP contribution in [-0.2, 0) is 6.61 Å². The van der Waals surface area contributed by atoms with Gasteiger partial charge in [-0.1, -0.05) is 15.9 Å². The van der Waals surface area contributed by atoms with E-state index in [4.69, 9.17) is 5.11 Å². The van der Waals surface area contributed by atoms with E-state index < -0.39 is 5.95 Å². The fraction of sp³-hybridized carbons (Fsp3) is 0.250. The Balaban J connectivity index is 3.05. The predicted molar refractivity (Wildman–Crippen MR) is 48.2 cm³/mol. The molecule has 0 bridgehead atoms. The topological polar surface area (TPSA) is 50.2 Å². The maximum atomic E-state index is 13.0. The molecular formula is C8H7BrFNO2. The van der Waals surface area contributed by atoms with Crippen molar-refractivity contribution in [2.24, 2.45) is 0 Å². The maximum absolute atomic E-state index is 13.0. The molecule has 13 heavy (non-hydrogen) atoms. The van der Waals surface area contributed by atoms with Gasteiger partial charge in [0.25, 0.3) is 0 Å². The van der Waals surface area contributed by atoms with Crippen molar-refractivity contribution >= 4 is 21.7 Å². The first-order chi connectivity index (χ1) is 6.19. The second kappa shape index (κ2) is 4.43. The van der Waals surface area contributed by atoms with Crippen molar-refractivity contribution in [1.82, 2.24) is 4.98 Å². The van der Waals surface area contributed by atoms with E-state index >= 15 is 0 Å². The number of ketones is 1. The number of rotatable bonds is 3. The van der Waals surface area contributed by atoms with E-state index in [0.717, 1.165) is 0 Å². The van der Waals surface area contributed by atoms with Gasteiger partial charge in [-0.05, 0) is 12.1 Å². The highest BCUT2D eigenvalue weighted by molar-refractivity contribution is 9.09. The molecule has 3 nitrogen and oxygen atoms in total. The Morgan fingerprint density at radius 2 is 2.31 bits per heavy atom. The summed E-state index contributed by atoms with van der Waals surface area (Å²) in [4.78, 5) is 14.4. The normalized spacial score (nSPS) is 10.1. The molecule has 0 amide bonds. The molecule has 1 rings (SSSR count). The summed E-state index contributed by atoms with van der Waals surface area (Å²) in [5, 5.41) is 8.68. The van der Waals surface area contributed by atoms with Gasteiger partial charge in [-0.2, -0.15) is 4.39 Å². The van der Waals surface area contributed by atoms with Gasteiger partial charge in [-0.25, -0.2) is 4.98 Å². The summed E-state index contributed by atoms with van der Waals surface area (Å²) in [6.45, 7) is -0.334. The lowest BCUT2D eigenvalue weighted by atomic mass is 10.2. The third-order valence-electron chi connectivity index (χ3n) is 1.49. The van der Waals surface area contributed by atoms with Crippen LogP contribution in [0.15, 0.2) is 12.1 Å². The zero-order valence-electron chi connectivity index (χ0n) is 6.63. The number of alkyl halides is 1. The number of nitrogens with zero attached hydrogens (tertiary/aromatic N) is 1. The van der Waals surface area contributed by atoms with Crippen molar-refractivity contribution < 1.29 is 14.3 Å². The van der Waals surface area contributed by atoms with Crippen molar-refractivity contribution in [3.63, 3.8) is 0 Å². The predicted octanol–water partition coefficient (Wildman–Crippen LogP) is 1.29. The molecule has 5 heteroatoms. The van der Waals surface area contributed by atoms with E-state index in [0.29, 0.717) is 0 Å². The Hall–Kier alpha value is -0.810. The molecule has 0 radical (unpaired) electrons. The third kappa shape index (κ3) is 2.32. The van der Waals surface area contributed by atoms with E-state index in [9.17, 15) is 9.18 Å². The summed E-state index contributed by atoms with van der Waals surface area (Å²) < 4.78 is 13.0. The number of aliphatic hydroxyl groups is 1. The van der Waals surface area contributed by atoms with Crippen LogP contribution in [0.4, 0.5) is 4.39 Å². The quantitative estimate of drug-likeness (QED) is 0.498. The van der Waals surface area contributed by atoms with Crippen molar-refractivity contribution in [2.75, 3.05) is 5.33 Å². The number of Topliss-reactive ketones (excluding diaryl/α,β-unsaturated/α-hetero) is 1. The minimum Gasteiger partial charge on any atom is -0.390 e. The van der Waals surface area contributed by atoms with E-state index in [1.807, 2.05) is 0 Å². The first-order valence-electron chi connectivity index (χ1n) is 3.54. The van der Waals surface area contributed by atoms with E-state index in [-0.39, 0.29) is 29.0 Å². The average Bonchev–Trinajstić information content (AvgIpc) is 2.16. The number of hydrogen-bond donors (Lipinski definition) is 1. The van der Waals surface area contributed by atoms with Gasteiger partial charge in [-0.15, -0.1) is 0 Å². The number of halogens is 2. The number of carbonyl (C=O) groups is 1. The second-order valence-corrected chi connectivity index (χ2v) is 2.92. The molecule has 1 heterocycles. The number of aromatic nitrogens is 1. The Bertz CT molecular complexity index is 330. The van der Waals surface area contributed by atoms with Gasteiger partial charge < -0.3 is 5.11 Å². The highest BCUT2D eigenvalue weighted by atomic mass is 79.9. The summed E-state index contributed by atoms with van der Waals surface area (Å²) in [6.07, 6.45) is 0. The Morgan fingerprint density at radius 3 is 2.77 bits per heavy atom. The molecule has 0 saturated heterocycles. The standard InChI is InChI=1S/C8H7BrFNO2/c9-3-7(13)6-2-1-5(4-12)11-8(6)10/h1-2,12H,3-4H2. The fourth-order valence-electron chi connectivity index (χ4n) is 0.840. The van der Waals surface area contributed by atoms with Crippen molar-refractivity contribution in [1.29, 1.82) is 0 Å². The van der Waals surface area contributed by atoms with Crippen molar-refractivity contribution in [3.8, 4) is 0 Å². The van der Waals surface area contributed by atoms with Gasteiger partial charge in [0, 0.05) is 0 Å². The molecule has 0 aliphatic heterocycles. The molecule has 0 unspecified atom stereocenters. The number of aliphatic hydroxyl groups excluding tert-OH is 1.